The molecule has 2 aromatic carbocycles. The number of amidine groups is 1. The van der Waals surface area contributed by atoms with Gasteiger partial charge >= 0.3 is 6.18 Å². The van der Waals surface area contributed by atoms with Gasteiger partial charge in [-0.1, -0.05) is 23.7 Å². The molecule has 1 aromatic heterocycles. The van der Waals surface area contributed by atoms with E-state index in [0.29, 0.717) is 22.1 Å². The molecule has 35 heavy (non-hydrogen) atoms. The molecule has 1 unspecified atom stereocenters. The average Bonchev–Trinajstić information content (AvgIpc) is 3.53. The second-order valence-electron chi connectivity index (χ2n) is 8.27. The Bertz CT molecular complexity index is 1400. The van der Waals surface area contributed by atoms with Crippen LogP contribution >= 0.6 is 23.4 Å². The first-order valence-electron chi connectivity index (χ1n) is 10.8. The summed E-state index contributed by atoms with van der Waals surface area (Å²) < 4.78 is 41.9. The number of amides is 1. The fourth-order valence-corrected chi connectivity index (χ4v) is 5.45. The number of alkyl halides is 3. The maximum absolute atomic E-state index is 13.5. The Morgan fingerprint density at radius 1 is 1.20 bits per heavy atom. The van der Waals surface area contributed by atoms with Gasteiger partial charge in [0, 0.05) is 17.0 Å². The molecule has 3 heterocycles. The lowest BCUT2D eigenvalue weighted by atomic mass is 10.1. The molecule has 11 heteroatoms. The summed E-state index contributed by atoms with van der Waals surface area (Å²) in [5, 5.41) is 5.54. The number of aromatic nitrogens is 2. The van der Waals surface area contributed by atoms with Crippen molar-refractivity contribution in [2.45, 2.75) is 31.6 Å². The number of nitrogens with zero attached hydrogens (tertiary/aromatic N) is 4. The number of likely N-dealkylation sites (tertiary alicyclic amines) is 1. The zero-order valence-electron chi connectivity index (χ0n) is 18.1. The Morgan fingerprint density at radius 2 is 2.03 bits per heavy atom. The Labute approximate surface area is 207 Å². The molecule has 180 valence electrons. The van der Waals surface area contributed by atoms with E-state index in [1.807, 2.05) is 11.0 Å². The number of hydrogen-bond acceptors (Lipinski definition) is 5. The summed E-state index contributed by atoms with van der Waals surface area (Å²) >= 11 is 7.02. The number of rotatable bonds is 4. The zero-order valence-corrected chi connectivity index (χ0v) is 19.7. The number of carbonyl (C=O) groups is 2. The maximum Gasteiger partial charge on any atom is 0.416 e. The van der Waals surface area contributed by atoms with E-state index in [-0.39, 0.29) is 29.1 Å². The Kier molecular flexibility index (Phi) is 6.18. The highest BCUT2D eigenvalue weighted by Crippen LogP contribution is 2.35. The maximum atomic E-state index is 13.5. The van der Waals surface area contributed by atoms with Crippen LogP contribution in [0.5, 0.6) is 0 Å². The second-order valence-corrected chi connectivity index (χ2v) is 9.71. The van der Waals surface area contributed by atoms with E-state index < -0.39 is 11.7 Å². The molecular formula is C24H18ClF3N4O2S. The van der Waals surface area contributed by atoms with Crippen LogP contribution in [0.25, 0.3) is 17.0 Å². The van der Waals surface area contributed by atoms with Crippen LogP contribution in [-0.4, -0.2) is 44.6 Å². The molecule has 0 radical (unpaired) electrons. The molecule has 6 nitrogen and oxygen atoms in total. The first kappa shape index (κ1) is 23.6. The summed E-state index contributed by atoms with van der Waals surface area (Å²) in [7, 11) is 0. The van der Waals surface area contributed by atoms with Crippen molar-refractivity contribution in [3.8, 4) is 0 Å². The number of fused-ring (bicyclic) bond motifs is 1. The van der Waals surface area contributed by atoms with Gasteiger partial charge in [0.15, 0.2) is 5.17 Å². The van der Waals surface area contributed by atoms with E-state index in [1.54, 1.807) is 24.4 Å². The SMILES string of the molecule is O=CC1CCCN1C1=NC(=O)/C(=C/c2ccc3c(cnn3Cc3ccc(Cl)cc3C(F)(F)F)c2)S1. The van der Waals surface area contributed by atoms with E-state index in [1.165, 1.54) is 28.6 Å². The minimum absolute atomic E-state index is 0.0157. The highest BCUT2D eigenvalue weighted by molar-refractivity contribution is 8.18. The van der Waals surface area contributed by atoms with Gasteiger partial charge in [-0.2, -0.15) is 23.3 Å². The fourth-order valence-electron chi connectivity index (χ4n) is 4.28. The van der Waals surface area contributed by atoms with E-state index in [9.17, 15) is 22.8 Å². The average molecular weight is 519 g/mol. The molecular weight excluding hydrogens is 501 g/mol. The molecule has 0 spiro atoms. The Morgan fingerprint density at radius 3 is 2.80 bits per heavy atom. The van der Waals surface area contributed by atoms with Gasteiger partial charge in [-0.3, -0.25) is 9.48 Å². The smallest absolute Gasteiger partial charge is 0.341 e. The van der Waals surface area contributed by atoms with Crippen molar-refractivity contribution in [2.24, 2.45) is 4.99 Å². The lowest BCUT2D eigenvalue weighted by molar-refractivity contribution is -0.138. The van der Waals surface area contributed by atoms with Crippen molar-refractivity contribution in [2.75, 3.05) is 6.54 Å². The largest absolute Gasteiger partial charge is 0.416 e. The molecule has 1 saturated heterocycles. The van der Waals surface area contributed by atoms with Crippen LogP contribution < -0.4 is 0 Å². The second kappa shape index (κ2) is 9.16. The fraction of sp³-hybridized carbons (Fsp3) is 0.250. The summed E-state index contributed by atoms with van der Waals surface area (Å²) in [5.41, 5.74) is 0.660. The monoisotopic (exact) mass is 518 g/mol. The summed E-state index contributed by atoms with van der Waals surface area (Å²) in [5.74, 6) is -0.361. The molecule has 1 atom stereocenters. The summed E-state index contributed by atoms with van der Waals surface area (Å²) in [6.07, 6.45) is 1.26. The number of thioether (sulfide) groups is 1. The molecule has 3 aromatic rings. The van der Waals surface area contributed by atoms with Crippen molar-refractivity contribution in [3.63, 3.8) is 0 Å². The third-order valence-electron chi connectivity index (χ3n) is 5.97. The molecule has 0 N–H and O–H groups in total. The van der Waals surface area contributed by atoms with Gasteiger partial charge in [0.25, 0.3) is 5.91 Å². The van der Waals surface area contributed by atoms with Crippen LogP contribution in [0.15, 0.2) is 52.5 Å². The van der Waals surface area contributed by atoms with Gasteiger partial charge < -0.3 is 9.69 Å². The molecule has 2 aliphatic rings. The van der Waals surface area contributed by atoms with Crippen LogP contribution in [0.2, 0.25) is 5.02 Å². The molecule has 2 aliphatic heterocycles. The molecule has 0 bridgehead atoms. The predicted octanol–water partition coefficient (Wildman–Crippen LogP) is 5.39. The number of carbonyl (C=O) groups excluding carboxylic acids is 2. The molecule has 1 fully saturated rings. The van der Waals surface area contributed by atoms with Crippen molar-refractivity contribution in [1.29, 1.82) is 0 Å². The van der Waals surface area contributed by atoms with E-state index in [4.69, 9.17) is 11.6 Å². The van der Waals surface area contributed by atoms with Crippen LogP contribution in [-0.2, 0) is 22.3 Å². The number of halogens is 4. The first-order chi connectivity index (χ1) is 16.7. The van der Waals surface area contributed by atoms with E-state index >= 15 is 0 Å². The van der Waals surface area contributed by atoms with E-state index in [2.05, 4.69) is 10.1 Å². The quantitative estimate of drug-likeness (QED) is 0.342. The third kappa shape index (κ3) is 4.72. The van der Waals surface area contributed by atoms with Crippen molar-refractivity contribution in [1.82, 2.24) is 14.7 Å². The lowest BCUT2D eigenvalue weighted by Gasteiger charge is -2.20. The third-order valence-corrected chi connectivity index (χ3v) is 7.23. The lowest BCUT2D eigenvalue weighted by Crippen LogP contribution is -2.33. The van der Waals surface area contributed by atoms with Gasteiger partial charge in [-0.15, -0.1) is 0 Å². The molecule has 1 amide bonds. The number of benzene rings is 2. The molecule has 0 aliphatic carbocycles. The number of aldehydes is 1. The zero-order chi connectivity index (χ0) is 24.7. The topological polar surface area (TPSA) is 67.6 Å². The first-order valence-corrected chi connectivity index (χ1v) is 12.0. The minimum Gasteiger partial charge on any atom is -0.341 e. The van der Waals surface area contributed by atoms with Crippen molar-refractivity contribution in [3.05, 3.63) is 69.2 Å². The summed E-state index contributed by atoms with van der Waals surface area (Å²) in [4.78, 5) is 30.1. The molecule has 0 saturated carbocycles. The highest BCUT2D eigenvalue weighted by Gasteiger charge is 2.34. The standard InChI is InChI=1S/C24H18ClF3N4O2S/c25-17-5-4-15(19(10-17)24(26,27)28)12-32-20-6-3-14(8-16(20)11-29-32)9-21-22(34)30-23(35-21)31-7-1-2-18(31)13-33/h3-6,8-11,13,18H,1-2,7,12H2/b21-9-. The van der Waals surface area contributed by atoms with E-state index in [0.717, 1.165) is 36.1 Å². The van der Waals surface area contributed by atoms with Gasteiger partial charge in [-0.25, -0.2) is 0 Å². The Hall–Kier alpha value is -3.11. The van der Waals surface area contributed by atoms with Gasteiger partial charge in [0.2, 0.25) is 0 Å². The van der Waals surface area contributed by atoms with Crippen molar-refractivity contribution < 1.29 is 22.8 Å². The van der Waals surface area contributed by atoms with Crippen LogP contribution in [0.3, 0.4) is 0 Å². The van der Waals surface area contributed by atoms with Gasteiger partial charge in [0.05, 0.1) is 34.8 Å². The van der Waals surface area contributed by atoms with Crippen LogP contribution in [0.4, 0.5) is 13.2 Å². The molecule has 5 rings (SSSR count). The number of hydrogen-bond donors (Lipinski definition) is 0. The summed E-state index contributed by atoms with van der Waals surface area (Å²) in [6, 6.07) is 8.78. The highest BCUT2D eigenvalue weighted by atomic mass is 35.5. The number of aliphatic imine (C=N–C) groups is 1. The van der Waals surface area contributed by atoms with Crippen LogP contribution in [0.1, 0.15) is 29.5 Å². The minimum atomic E-state index is -4.53. The normalized spacial score (nSPS) is 19.7. The predicted molar refractivity (Wildman–Crippen MR) is 129 cm³/mol. The van der Waals surface area contributed by atoms with Gasteiger partial charge in [0.1, 0.15) is 6.29 Å². The van der Waals surface area contributed by atoms with Crippen molar-refractivity contribution >= 4 is 57.7 Å². The summed E-state index contributed by atoms with van der Waals surface area (Å²) in [6.45, 7) is 0.611. The van der Waals surface area contributed by atoms with Gasteiger partial charge in [-0.05, 0) is 66.1 Å². The van der Waals surface area contributed by atoms with Crippen LogP contribution in [0, 0.1) is 0 Å². The Balaban J connectivity index is 1.38.